The van der Waals surface area contributed by atoms with Crippen molar-refractivity contribution in [2.24, 2.45) is 16.3 Å². The van der Waals surface area contributed by atoms with Crippen molar-refractivity contribution in [3.8, 4) is 0 Å². The molecule has 0 amide bonds. The van der Waals surface area contributed by atoms with E-state index in [1.165, 1.54) is 18.6 Å². The van der Waals surface area contributed by atoms with E-state index in [-0.39, 0.29) is 0 Å². The Bertz CT molecular complexity index is 195. The van der Waals surface area contributed by atoms with E-state index in [1.807, 2.05) is 0 Å². The summed E-state index contributed by atoms with van der Waals surface area (Å²) in [5.41, 5.74) is 1.80. The van der Waals surface area contributed by atoms with E-state index < -0.39 is 0 Å². The Morgan fingerprint density at radius 2 is 2.00 bits per heavy atom. The van der Waals surface area contributed by atoms with Crippen LogP contribution < -0.4 is 0 Å². The molecule has 0 N–H and O–H groups in total. The summed E-state index contributed by atoms with van der Waals surface area (Å²) in [6.07, 6.45) is 2.48. The summed E-state index contributed by atoms with van der Waals surface area (Å²) < 4.78 is 0. The summed E-state index contributed by atoms with van der Waals surface area (Å²) >= 11 is 0. The van der Waals surface area contributed by atoms with E-state index in [0.29, 0.717) is 11.5 Å². The molecule has 0 aromatic rings. The normalized spacial score (nSPS) is 41.6. The van der Waals surface area contributed by atoms with E-state index in [2.05, 4.69) is 39.6 Å². The summed E-state index contributed by atoms with van der Waals surface area (Å²) in [7, 11) is 0. The predicted octanol–water partition coefficient (Wildman–Crippen LogP) is 3.29. The molecule has 0 aromatic carbocycles. The predicted molar refractivity (Wildman–Crippen MR) is 54.8 cm³/mol. The molecule has 1 heteroatoms. The second-order valence-corrected chi connectivity index (χ2v) is 4.27. The van der Waals surface area contributed by atoms with E-state index in [4.69, 9.17) is 0 Å². The average molecular weight is 167 g/mol. The molecule has 0 radical (unpaired) electrons. The smallest absolute Gasteiger partial charge is 0.0530 e. The first-order valence-corrected chi connectivity index (χ1v) is 5.10. The van der Waals surface area contributed by atoms with Gasteiger partial charge in [0.25, 0.3) is 0 Å². The second-order valence-electron chi connectivity index (χ2n) is 4.27. The molecule has 1 heterocycles. The van der Waals surface area contributed by atoms with Crippen molar-refractivity contribution in [2.75, 3.05) is 0 Å². The van der Waals surface area contributed by atoms with Crippen molar-refractivity contribution in [1.29, 1.82) is 0 Å². The lowest BCUT2D eigenvalue weighted by molar-refractivity contribution is 0.210. The minimum atomic E-state index is 0.429. The second kappa shape index (κ2) is 3.20. The Morgan fingerprint density at radius 3 is 2.33 bits per heavy atom. The fraction of sp³-hybridized carbons (Fsp3) is 0.909. The zero-order valence-corrected chi connectivity index (χ0v) is 9.02. The third-order valence-corrected chi connectivity index (χ3v) is 3.82. The molecule has 12 heavy (non-hydrogen) atoms. The van der Waals surface area contributed by atoms with Crippen LogP contribution >= 0.6 is 0 Å². The quantitative estimate of drug-likeness (QED) is 0.598. The maximum atomic E-state index is 4.68. The largest absolute Gasteiger partial charge is 0.290 e. The fourth-order valence-electron chi connectivity index (χ4n) is 2.61. The van der Waals surface area contributed by atoms with Gasteiger partial charge in [-0.2, -0.15) is 0 Å². The van der Waals surface area contributed by atoms with Crippen LogP contribution in [-0.2, 0) is 0 Å². The van der Waals surface area contributed by atoms with Crippen molar-refractivity contribution in [2.45, 2.75) is 53.5 Å². The first kappa shape index (κ1) is 9.76. The summed E-state index contributed by atoms with van der Waals surface area (Å²) in [6, 6.07) is 0.521. The zero-order valence-electron chi connectivity index (χ0n) is 9.02. The van der Waals surface area contributed by atoms with Gasteiger partial charge in [-0.1, -0.05) is 20.8 Å². The highest BCUT2D eigenvalue weighted by atomic mass is 14.9. The van der Waals surface area contributed by atoms with Crippen LogP contribution in [0.15, 0.2) is 4.99 Å². The number of nitrogens with zero attached hydrogens (tertiary/aromatic N) is 1. The van der Waals surface area contributed by atoms with Crippen LogP contribution in [0.4, 0.5) is 0 Å². The summed E-state index contributed by atoms with van der Waals surface area (Å²) in [6.45, 7) is 11.4. The first-order valence-electron chi connectivity index (χ1n) is 5.10. The maximum Gasteiger partial charge on any atom is 0.0530 e. The molecule has 1 aliphatic rings. The number of hydrogen-bond acceptors (Lipinski definition) is 1. The minimum Gasteiger partial charge on any atom is -0.290 e. The Labute approximate surface area is 76.3 Å². The summed E-state index contributed by atoms with van der Waals surface area (Å²) in [5, 5.41) is 0. The van der Waals surface area contributed by atoms with Crippen LogP contribution in [0, 0.1) is 11.3 Å². The Hall–Kier alpha value is -0.330. The van der Waals surface area contributed by atoms with Crippen molar-refractivity contribution >= 4 is 5.71 Å². The average Bonchev–Trinajstić information content (AvgIpc) is 2.24. The highest BCUT2D eigenvalue weighted by Gasteiger charge is 2.42. The highest BCUT2D eigenvalue weighted by molar-refractivity contribution is 5.87. The molecule has 1 nitrogen and oxygen atoms in total. The monoisotopic (exact) mass is 167 g/mol. The van der Waals surface area contributed by atoms with Gasteiger partial charge in [-0.15, -0.1) is 0 Å². The van der Waals surface area contributed by atoms with Crippen molar-refractivity contribution in [3.05, 3.63) is 0 Å². The molecule has 0 spiro atoms. The first-order chi connectivity index (χ1) is 5.56. The molecule has 0 saturated heterocycles. The van der Waals surface area contributed by atoms with Crippen LogP contribution in [0.3, 0.4) is 0 Å². The van der Waals surface area contributed by atoms with Gasteiger partial charge in [0.1, 0.15) is 0 Å². The fourth-order valence-corrected chi connectivity index (χ4v) is 2.61. The molecular formula is C11H21N. The van der Waals surface area contributed by atoms with Gasteiger partial charge in [0.05, 0.1) is 6.04 Å². The molecule has 3 atom stereocenters. The summed E-state index contributed by atoms with van der Waals surface area (Å²) in [5.74, 6) is 0.720. The lowest BCUT2D eigenvalue weighted by Gasteiger charge is -2.33. The van der Waals surface area contributed by atoms with Gasteiger partial charge in [0.2, 0.25) is 0 Å². The topological polar surface area (TPSA) is 12.4 Å². The standard InChI is InChI=1S/C11H21N/c1-6-10-8(3)12-9(4)11(10,5)7-2/h9-10H,6-7H2,1-5H3. The van der Waals surface area contributed by atoms with Crippen molar-refractivity contribution in [1.82, 2.24) is 0 Å². The van der Waals surface area contributed by atoms with E-state index in [9.17, 15) is 0 Å². The van der Waals surface area contributed by atoms with Gasteiger partial charge < -0.3 is 0 Å². The molecule has 1 rings (SSSR count). The molecule has 0 fully saturated rings. The van der Waals surface area contributed by atoms with Crippen molar-refractivity contribution in [3.63, 3.8) is 0 Å². The molecule has 0 saturated carbocycles. The third-order valence-electron chi connectivity index (χ3n) is 3.82. The molecule has 1 aliphatic heterocycles. The van der Waals surface area contributed by atoms with Crippen LogP contribution in [0.25, 0.3) is 0 Å². The van der Waals surface area contributed by atoms with Gasteiger partial charge in [-0.25, -0.2) is 0 Å². The molecule has 3 unspecified atom stereocenters. The van der Waals surface area contributed by atoms with Crippen LogP contribution in [0.2, 0.25) is 0 Å². The summed E-state index contributed by atoms with van der Waals surface area (Å²) in [4.78, 5) is 4.68. The van der Waals surface area contributed by atoms with Gasteiger partial charge in [0, 0.05) is 11.6 Å². The third kappa shape index (κ3) is 1.19. The zero-order chi connectivity index (χ0) is 9.35. The van der Waals surface area contributed by atoms with Gasteiger partial charge in [-0.05, 0) is 32.1 Å². The van der Waals surface area contributed by atoms with E-state index in [0.717, 1.165) is 5.92 Å². The molecule has 0 aliphatic carbocycles. The van der Waals surface area contributed by atoms with Gasteiger partial charge in [0.15, 0.2) is 0 Å². The van der Waals surface area contributed by atoms with Crippen molar-refractivity contribution < 1.29 is 0 Å². The molecule has 0 bridgehead atoms. The SMILES string of the molecule is CCC1C(C)=NC(C)C1(C)CC. The maximum absolute atomic E-state index is 4.68. The minimum absolute atomic E-state index is 0.429. The van der Waals surface area contributed by atoms with E-state index >= 15 is 0 Å². The number of hydrogen-bond donors (Lipinski definition) is 0. The highest BCUT2D eigenvalue weighted by Crippen LogP contribution is 2.43. The van der Waals surface area contributed by atoms with Crippen LogP contribution in [0.5, 0.6) is 0 Å². The van der Waals surface area contributed by atoms with Crippen LogP contribution in [-0.4, -0.2) is 11.8 Å². The Kier molecular flexibility index (Phi) is 2.60. The lowest BCUT2D eigenvalue weighted by atomic mass is 9.70. The molecule has 70 valence electrons. The van der Waals surface area contributed by atoms with Gasteiger partial charge >= 0.3 is 0 Å². The van der Waals surface area contributed by atoms with E-state index in [1.54, 1.807) is 0 Å². The number of aliphatic imine (C=N–C) groups is 1. The molecular weight excluding hydrogens is 146 g/mol. The Balaban J connectivity index is 2.90. The van der Waals surface area contributed by atoms with Crippen LogP contribution in [0.1, 0.15) is 47.5 Å². The Morgan fingerprint density at radius 1 is 1.42 bits per heavy atom. The molecule has 0 aromatic heterocycles. The lowest BCUT2D eigenvalue weighted by Crippen LogP contribution is -2.32. The number of rotatable bonds is 2. The van der Waals surface area contributed by atoms with Gasteiger partial charge in [-0.3, -0.25) is 4.99 Å².